The average molecular weight is 173 g/mol. The van der Waals surface area contributed by atoms with Crippen molar-refractivity contribution in [3.63, 3.8) is 0 Å². The number of hydrogen-bond acceptors (Lipinski definition) is 4. The van der Waals surface area contributed by atoms with Crippen LogP contribution in [0.2, 0.25) is 0 Å². The van der Waals surface area contributed by atoms with Gasteiger partial charge in [-0.25, -0.2) is 0 Å². The van der Waals surface area contributed by atoms with Gasteiger partial charge in [0.15, 0.2) is 5.60 Å². The molecule has 3 N–H and O–H groups in total. The van der Waals surface area contributed by atoms with Gasteiger partial charge in [-0.3, -0.25) is 9.59 Å². The second kappa shape index (κ2) is 2.45. The summed E-state index contributed by atoms with van der Waals surface area (Å²) in [5.41, 5.74) is 2.79. The van der Waals surface area contributed by atoms with Crippen LogP contribution in [0.4, 0.5) is 0 Å². The van der Waals surface area contributed by atoms with Gasteiger partial charge in [0.2, 0.25) is 0 Å². The number of rotatable bonds is 3. The number of carbonyl (C=O) groups is 2. The minimum absolute atomic E-state index is 0.0775. The first kappa shape index (κ1) is 8.99. The SMILES string of the molecule is CC1(O)CC(OC=O)(C(N)=O)C1. The van der Waals surface area contributed by atoms with Crippen molar-refractivity contribution in [2.75, 3.05) is 0 Å². The quantitative estimate of drug-likeness (QED) is 0.531. The van der Waals surface area contributed by atoms with Gasteiger partial charge in [-0.05, 0) is 6.92 Å². The molecule has 5 heteroatoms. The molecule has 0 spiro atoms. The summed E-state index contributed by atoms with van der Waals surface area (Å²) in [7, 11) is 0. The zero-order valence-corrected chi connectivity index (χ0v) is 6.74. The van der Waals surface area contributed by atoms with Crippen molar-refractivity contribution in [1.82, 2.24) is 0 Å². The van der Waals surface area contributed by atoms with E-state index in [0.29, 0.717) is 0 Å². The summed E-state index contributed by atoms with van der Waals surface area (Å²) in [5.74, 6) is -0.707. The van der Waals surface area contributed by atoms with Gasteiger partial charge in [0.1, 0.15) is 0 Å². The molecule has 1 amide bonds. The summed E-state index contributed by atoms with van der Waals surface area (Å²) in [6.07, 6.45) is 0.155. The Morgan fingerprint density at radius 3 is 2.42 bits per heavy atom. The molecule has 0 aromatic rings. The standard InChI is InChI=1S/C7H11NO4/c1-6(11)2-7(3-6,5(8)10)12-4-9/h4,11H,2-3H2,1H3,(H2,8,10). The van der Waals surface area contributed by atoms with Crippen LogP contribution >= 0.6 is 0 Å². The first-order chi connectivity index (χ1) is 5.42. The summed E-state index contributed by atoms with van der Waals surface area (Å²) in [5, 5.41) is 9.32. The third-order valence-electron chi connectivity index (χ3n) is 2.06. The molecule has 0 heterocycles. The van der Waals surface area contributed by atoms with Crippen LogP contribution < -0.4 is 5.73 Å². The molecule has 12 heavy (non-hydrogen) atoms. The van der Waals surface area contributed by atoms with Crippen molar-refractivity contribution in [2.24, 2.45) is 5.73 Å². The second-order valence-electron chi connectivity index (χ2n) is 3.42. The topological polar surface area (TPSA) is 89.6 Å². The number of nitrogens with two attached hydrogens (primary N) is 1. The lowest BCUT2D eigenvalue weighted by atomic mass is 9.68. The van der Waals surface area contributed by atoms with E-state index in [1.54, 1.807) is 6.92 Å². The van der Waals surface area contributed by atoms with Crippen molar-refractivity contribution in [3.05, 3.63) is 0 Å². The monoisotopic (exact) mass is 173 g/mol. The maximum atomic E-state index is 10.8. The van der Waals surface area contributed by atoms with Crippen molar-refractivity contribution in [3.8, 4) is 0 Å². The van der Waals surface area contributed by atoms with Crippen LogP contribution in [-0.4, -0.2) is 28.7 Å². The predicted octanol–water partition coefficient (Wildman–Crippen LogP) is -1.07. The third kappa shape index (κ3) is 1.27. The van der Waals surface area contributed by atoms with E-state index in [9.17, 15) is 14.7 Å². The number of primary amides is 1. The number of hydrogen-bond donors (Lipinski definition) is 2. The van der Waals surface area contributed by atoms with Crippen molar-refractivity contribution in [2.45, 2.75) is 31.0 Å². The molecule has 0 aliphatic heterocycles. The van der Waals surface area contributed by atoms with Gasteiger partial charge in [-0.2, -0.15) is 0 Å². The lowest BCUT2D eigenvalue weighted by Gasteiger charge is -2.47. The average Bonchev–Trinajstić information content (AvgIpc) is 1.83. The fourth-order valence-electron chi connectivity index (χ4n) is 1.59. The highest BCUT2D eigenvalue weighted by atomic mass is 16.5. The Bertz CT molecular complexity index is 215. The van der Waals surface area contributed by atoms with Gasteiger partial charge in [-0.1, -0.05) is 0 Å². The van der Waals surface area contributed by atoms with E-state index in [0.717, 1.165) is 0 Å². The van der Waals surface area contributed by atoms with Crippen LogP contribution in [-0.2, 0) is 14.3 Å². The molecule has 1 fully saturated rings. The number of carbonyl (C=O) groups excluding carboxylic acids is 2. The van der Waals surface area contributed by atoms with Gasteiger partial charge in [0, 0.05) is 12.8 Å². The van der Waals surface area contributed by atoms with E-state index in [4.69, 9.17) is 5.73 Å². The van der Waals surface area contributed by atoms with E-state index in [-0.39, 0.29) is 19.3 Å². The summed E-state index contributed by atoms with van der Waals surface area (Å²) >= 11 is 0. The van der Waals surface area contributed by atoms with Crippen molar-refractivity contribution >= 4 is 12.4 Å². The fraction of sp³-hybridized carbons (Fsp3) is 0.714. The molecule has 0 aromatic carbocycles. The summed E-state index contributed by atoms with van der Waals surface area (Å²) in [6.45, 7) is 1.74. The minimum atomic E-state index is -1.27. The van der Waals surface area contributed by atoms with Crippen molar-refractivity contribution in [1.29, 1.82) is 0 Å². The maximum absolute atomic E-state index is 10.8. The Kier molecular flexibility index (Phi) is 1.83. The molecule has 1 rings (SSSR count). The van der Waals surface area contributed by atoms with Gasteiger partial charge >= 0.3 is 0 Å². The van der Waals surface area contributed by atoms with E-state index in [2.05, 4.69) is 4.74 Å². The lowest BCUT2D eigenvalue weighted by Crippen LogP contribution is -2.63. The Morgan fingerprint density at radius 2 is 2.17 bits per heavy atom. The summed E-state index contributed by atoms with van der Waals surface area (Å²) < 4.78 is 4.55. The molecule has 0 aromatic heterocycles. The van der Waals surface area contributed by atoms with Gasteiger partial charge in [0.25, 0.3) is 12.4 Å². The molecule has 1 aliphatic carbocycles. The normalized spacial score (nSPS) is 39.8. The molecule has 0 radical (unpaired) electrons. The smallest absolute Gasteiger partial charge is 0.294 e. The van der Waals surface area contributed by atoms with Crippen LogP contribution in [0.25, 0.3) is 0 Å². The molecule has 1 aliphatic rings. The first-order valence-corrected chi connectivity index (χ1v) is 3.56. The molecular weight excluding hydrogens is 162 g/mol. The maximum Gasteiger partial charge on any atom is 0.294 e. The largest absolute Gasteiger partial charge is 0.451 e. The Hall–Kier alpha value is -1.10. The van der Waals surface area contributed by atoms with E-state index in [1.807, 2.05) is 0 Å². The van der Waals surface area contributed by atoms with Crippen molar-refractivity contribution < 1.29 is 19.4 Å². The summed E-state index contributed by atoms with van der Waals surface area (Å²) in [6, 6.07) is 0. The Morgan fingerprint density at radius 1 is 1.67 bits per heavy atom. The van der Waals surface area contributed by atoms with Gasteiger partial charge < -0.3 is 15.6 Å². The molecule has 0 atom stereocenters. The predicted molar refractivity (Wildman–Crippen MR) is 38.9 cm³/mol. The van der Waals surface area contributed by atoms with E-state index < -0.39 is 17.1 Å². The third-order valence-corrected chi connectivity index (χ3v) is 2.06. The molecule has 68 valence electrons. The molecule has 0 unspecified atom stereocenters. The minimum Gasteiger partial charge on any atom is -0.451 e. The highest BCUT2D eigenvalue weighted by Crippen LogP contribution is 2.43. The van der Waals surface area contributed by atoms with Crippen LogP contribution in [0.1, 0.15) is 19.8 Å². The van der Waals surface area contributed by atoms with Gasteiger partial charge in [0.05, 0.1) is 5.60 Å². The molecule has 5 nitrogen and oxygen atoms in total. The summed E-state index contributed by atoms with van der Waals surface area (Å²) in [4.78, 5) is 20.8. The van der Waals surface area contributed by atoms with Gasteiger partial charge in [-0.15, -0.1) is 0 Å². The second-order valence-corrected chi connectivity index (χ2v) is 3.42. The zero-order valence-electron chi connectivity index (χ0n) is 6.74. The van der Waals surface area contributed by atoms with Crippen LogP contribution in [0.5, 0.6) is 0 Å². The number of aliphatic hydroxyl groups is 1. The highest BCUT2D eigenvalue weighted by Gasteiger charge is 2.57. The molecule has 0 bridgehead atoms. The highest BCUT2D eigenvalue weighted by molar-refractivity contribution is 5.86. The molecule has 1 saturated carbocycles. The number of ether oxygens (including phenoxy) is 1. The van der Waals surface area contributed by atoms with Crippen LogP contribution in [0, 0.1) is 0 Å². The van der Waals surface area contributed by atoms with E-state index >= 15 is 0 Å². The molecule has 0 saturated heterocycles. The first-order valence-electron chi connectivity index (χ1n) is 3.56. The lowest BCUT2D eigenvalue weighted by molar-refractivity contribution is -0.198. The van der Waals surface area contributed by atoms with Crippen LogP contribution in [0.3, 0.4) is 0 Å². The Labute approximate surface area is 69.5 Å². The van der Waals surface area contributed by atoms with E-state index in [1.165, 1.54) is 0 Å². The Balaban J connectivity index is 2.68. The number of amides is 1. The zero-order chi connectivity index (χ0) is 9.41. The fourth-order valence-corrected chi connectivity index (χ4v) is 1.59. The molecular formula is C7H11NO4. The van der Waals surface area contributed by atoms with Crippen LogP contribution in [0.15, 0.2) is 0 Å².